The molecule has 2 rings (SSSR count). The molecule has 0 aromatic carbocycles. The Morgan fingerprint density at radius 1 is 1.12 bits per heavy atom. The van der Waals surface area contributed by atoms with Crippen molar-refractivity contribution in [3.05, 3.63) is 0 Å². The second-order valence-corrected chi connectivity index (χ2v) is 7.13. The first-order valence-electron chi connectivity index (χ1n) is 6.80. The van der Waals surface area contributed by atoms with Crippen molar-refractivity contribution in [3.63, 3.8) is 0 Å². The van der Waals surface area contributed by atoms with Crippen molar-refractivity contribution in [3.8, 4) is 6.07 Å². The predicted molar refractivity (Wildman–Crippen MR) is 66.7 cm³/mol. The zero-order valence-electron chi connectivity index (χ0n) is 11.2. The first kappa shape index (κ1) is 12.0. The molecule has 0 aliphatic heterocycles. The van der Waals surface area contributed by atoms with Gasteiger partial charge in [-0.3, -0.25) is 0 Å². The number of rotatable bonds is 0. The van der Waals surface area contributed by atoms with Crippen LogP contribution in [0.2, 0.25) is 0 Å². The highest BCUT2D eigenvalue weighted by atomic mass is 14.6. The third kappa shape index (κ3) is 1.67. The molecule has 0 amide bonds. The van der Waals surface area contributed by atoms with E-state index in [1.54, 1.807) is 0 Å². The third-order valence-electron chi connectivity index (χ3n) is 5.56. The molecule has 0 heterocycles. The van der Waals surface area contributed by atoms with Gasteiger partial charge in [0.1, 0.15) is 0 Å². The van der Waals surface area contributed by atoms with Crippen LogP contribution in [-0.2, 0) is 0 Å². The molecule has 0 aromatic heterocycles. The minimum absolute atomic E-state index is 0.224. The summed E-state index contributed by atoms with van der Waals surface area (Å²) >= 11 is 0. The van der Waals surface area contributed by atoms with Crippen molar-refractivity contribution < 1.29 is 0 Å². The Balaban J connectivity index is 2.28. The fraction of sp³-hybridized carbons (Fsp3) is 0.933. The normalized spacial score (nSPS) is 46.8. The summed E-state index contributed by atoms with van der Waals surface area (Å²) in [4.78, 5) is 0. The number of fused-ring (bicyclic) bond motifs is 1. The standard InChI is InChI=1S/C15H25N/c1-11-5-6-13-14(2,3)12(10-16)7-8-15(13,4)9-11/h11-13H,5-9H2,1-4H3. The third-order valence-corrected chi connectivity index (χ3v) is 5.56. The Kier molecular flexibility index (Phi) is 2.81. The number of hydrogen-bond donors (Lipinski definition) is 0. The Morgan fingerprint density at radius 3 is 2.44 bits per heavy atom. The Morgan fingerprint density at radius 2 is 1.81 bits per heavy atom. The van der Waals surface area contributed by atoms with Crippen molar-refractivity contribution in [1.29, 1.82) is 5.26 Å². The van der Waals surface area contributed by atoms with E-state index in [9.17, 15) is 5.26 Å². The van der Waals surface area contributed by atoms with Crippen LogP contribution >= 0.6 is 0 Å². The average Bonchev–Trinajstić information content (AvgIpc) is 2.16. The van der Waals surface area contributed by atoms with Gasteiger partial charge >= 0.3 is 0 Å². The van der Waals surface area contributed by atoms with Crippen LogP contribution in [0, 0.1) is 39.9 Å². The zero-order valence-corrected chi connectivity index (χ0v) is 11.2. The minimum atomic E-state index is 0.224. The fourth-order valence-electron chi connectivity index (χ4n) is 4.71. The summed E-state index contributed by atoms with van der Waals surface area (Å²) < 4.78 is 0. The van der Waals surface area contributed by atoms with Crippen molar-refractivity contribution in [2.24, 2.45) is 28.6 Å². The van der Waals surface area contributed by atoms with Crippen LogP contribution in [0.3, 0.4) is 0 Å². The molecule has 0 bridgehead atoms. The lowest BCUT2D eigenvalue weighted by molar-refractivity contribution is -0.0679. The van der Waals surface area contributed by atoms with Crippen LogP contribution in [0.5, 0.6) is 0 Å². The maximum Gasteiger partial charge on any atom is 0.0661 e. The van der Waals surface area contributed by atoms with Gasteiger partial charge in [0.2, 0.25) is 0 Å². The number of nitrogens with zero attached hydrogens (tertiary/aromatic N) is 1. The van der Waals surface area contributed by atoms with E-state index in [1.165, 1.54) is 25.7 Å². The lowest BCUT2D eigenvalue weighted by Gasteiger charge is -2.56. The summed E-state index contributed by atoms with van der Waals surface area (Å²) in [5.74, 6) is 1.92. The summed E-state index contributed by atoms with van der Waals surface area (Å²) in [5, 5.41) is 9.30. The molecular weight excluding hydrogens is 194 g/mol. The van der Waals surface area contributed by atoms with Gasteiger partial charge in [0.25, 0.3) is 0 Å². The van der Waals surface area contributed by atoms with Gasteiger partial charge in [0.05, 0.1) is 12.0 Å². The van der Waals surface area contributed by atoms with E-state index in [0.717, 1.165) is 18.3 Å². The molecule has 16 heavy (non-hydrogen) atoms. The number of hydrogen-bond acceptors (Lipinski definition) is 1. The van der Waals surface area contributed by atoms with Crippen LogP contribution in [0.15, 0.2) is 0 Å². The highest BCUT2D eigenvalue weighted by molar-refractivity contribution is 5.07. The minimum Gasteiger partial charge on any atom is -0.198 e. The molecular formula is C15H25N. The first-order valence-corrected chi connectivity index (χ1v) is 6.80. The van der Waals surface area contributed by atoms with E-state index in [-0.39, 0.29) is 11.3 Å². The second kappa shape index (κ2) is 3.76. The molecule has 0 N–H and O–H groups in total. The quantitative estimate of drug-likeness (QED) is 0.593. The van der Waals surface area contributed by atoms with E-state index < -0.39 is 0 Å². The maximum atomic E-state index is 9.30. The largest absolute Gasteiger partial charge is 0.198 e. The first-order chi connectivity index (χ1) is 7.40. The van der Waals surface area contributed by atoms with Gasteiger partial charge in [-0.05, 0) is 48.3 Å². The molecule has 2 aliphatic rings. The summed E-state index contributed by atoms with van der Waals surface area (Å²) in [6.07, 6.45) is 6.46. The molecule has 1 nitrogen and oxygen atoms in total. The highest BCUT2D eigenvalue weighted by Crippen LogP contribution is 2.60. The predicted octanol–water partition coefficient (Wildman–Crippen LogP) is 4.39. The lowest BCUT2D eigenvalue weighted by Crippen LogP contribution is -2.49. The van der Waals surface area contributed by atoms with Crippen LogP contribution in [0.25, 0.3) is 0 Å². The number of nitriles is 1. The molecule has 2 aliphatic carbocycles. The van der Waals surface area contributed by atoms with Crippen molar-refractivity contribution in [2.75, 3.05) is 0 Å². The van der Waals surface area contributed by atoms with Gasteiger partial charge in [-0.25, -0.2) is 0 Å². The van der Waals surface area contributed by atoms with Crippen molar-refractivity contribution >= 4 is 0 Å². The highest BCUT2D eigenvalue weighted by Gasteiger charge is 2.52. The Labute approximate surface area is 100 Å². The van der Waals surface area contributed by atoms with E-state index >= 15 is 0 Å². The van der Waals surface area contributed by atoms with Gasteiger partial charge in [-0.15, -0.1) is 0 Å². The SMILES string of the molecule is CC1CCC2C(C)(CCC(C#N)C2(C)C)C1. The molecule has 0 spiro atoms. The topological polar surface area (TPSA) is 23.8 Å². The lowest BCUT2D eigenvalue weighted by atomic mass is 9.48. The van der Waals surface area contributed by atoms with E-state index in [2.05, 4.69) is 33.8 Å². The smallest absolute Gasteiger partial charge is 0.0661 e. The van der Waals surface area contributed by atoms with Gasteiger partial charge < -0.3 is 0 Å². The zero-order chi connectivity index (χ0) is 12.0. The summed E-state index contributed by atoms with van der Waals surface area (Å²) in [7, 11) is 0. The Hall–Kier alpha value is -0.510. The molecule has 0 aromatic rings. The molecule has 0 saturated heterocycles. The monoisotopic (exact) mass is 219 g/mol. The molecule has 2 saturated carbocycles. The fourth-order valence-corrected chi connectivity index (χ4v) is 4.71. The molecule has 2 fully saturated rings. The van der Waals surface area contributed by atoms with Crippen LogP contribution in [0.4, 0.5) is 0 Å². The van der Waals surface area contributed by atoms with Crippen LogP contribution in [0.1, 0.15) is 59.8 Å². The summed E-state index contributed by atoms with van der Waals surface area (Å²) in [6.45, 7) is 9.53. The average molecular weight is 219 g/mol. The molecule has 4 unspecified atom stereocenters. The van der Waals surface area contributed by atoms with Crippen molar-refractivity contribution in [2.45, 2.75) is 59.8 Å². The molecule has 1 heteroatoms. The van der Waals surface area contributed by atoms with E-state index in [4.69, 9.17) is 0 Å². The maximum absolute atomic E-state index is 9.30. The van der Waals surface area contributed by atoms with Crippen LogP contribution in [-0.4, -0.2) is 0 Å². The summed E-state index contributed by atoms with van der Waals surface area (Å²) in [5.41, 5.74) is 0.733. The second-order valence-electron chi connectivity index (χ2n) is 7.13. The van der Waals surface area contributed by atoms with Gasteiger partial charge in [0.15, 0.2) is 0 Å². The summed E-state index contributed by atoms with van der Waals surface area (Å²) in [6, 6.07) is 2.56. The molecule has 90 valence electrons. The van der Waals surface area contributed by atoms with E-state index in [1.807, 2.05) is 0 Å². The molecule has 0 radical (unpaired) electrons. The van der Waals surface area contributed by atoms with Gasteiger partial charge in [-0.2, -0.15) is 5.26 Å². The molecule has 4 atom stereocenters. The van der Waals surface area contributed by atoms with Gasteiger partial charge in [-0.1, -0.05) is 34.1 Å². The Bertz CT molecular complexity index is 312. The van der Waals surface area contributed by atoms with Crippen LogP contribution < -0.4 is 0 Å². The van der Waals surface area contributed by atoms with Crippen molar-refractivity contribution in [1.82, 2.24) is 0 Å². The van der Waals surface area contributed by atoms with Gasteiger partial charge in [0, 0.05) is 0 Å². The van der Waals surface area contributed by atoms with E-state index in [0.29, 0.717) is 5.41 Å².